The Hall–Kier alpha value is -3.69. The molecule has 0 saturated carbocycles. The highest BCUT2D eigenvalue weighted by Crippen LogP contribution is 2.35. The number of aromatic amines is 1. The fourth-order valence-electron chi connectivity index (χ4n) is 4.00. The molecule has 0 fully saturated rings. The Morgan fingerprint density at radius 3 is 2.97 bits per heavy atom. The maximum absolute atomic E-state index is 9.37. The molecule has 1 N–H and O–H groups in total. The van der Waals surface area contributed by atoms with Crippen molar-refractivity contribution in [1.82, 2.24) is 19.9 Å². The van der Waals surface area contributed by atoms with Crippen LogP contribution in [0.5, 0.6) is 0 Å². The molecule has 0 saturated heterocycles. The van der Waals surface area contributed by atoms with Gasteiger partial charge in [-0.1, -0.05) is 18.2 Å². The number of nitriles is 1. The van der Waals surface area contributed by atoms with E-state index in [-0.39, 0.29) is 6.04 Å². The molecule has 4 aromatic rings. The van der Waals surface area contributed by atoms with Crippen LogP contribution in [0.4, 0.5) is 0 Å². The van der Waals surface area contributed by atoms with Gasteiger partial charge in [0.15, 0.2) is 0 Å². The molecule has 1 aromatic carbocycles. The molecular weight excluding hydrogens is 362 g/mol. The molecule has 0 bridgehead atoms. The fraction of sp³-hybridized carbons (Fsp3) is 0.174. The first kappa shape index (κ1) is 17.4. The summed E-state index contributed by atoms with van der Waals surface area (Å²) in [5.41, 5.74) is 4.77. The summed E-state index contributed by atoms with van der Waals surface area (Å²) in [6, 6.07) is 17.7. The summed E-state index contributed by atoms with van der Waals surface area (Å²) in [6.07, 6.45) is 6.37. The number of imidazole rings is 1. The smallest absolute Gasteiger partial charge is 0.135 e. The van der Waals surface area contributed by atoms with Crippen LogP contribution in [0.3, 0.4) is 0 Å². The lowest BCUT2D eigenvalue weighted by Crippen LogP contribution is -2.35. The van der Waals surface area contributed by atoms with E-state index in [4.69, 9.17) is 4.42 Å². The van der Waals surface area contributed by atoms with E-state index >= 15 is 0 Å². The number of nitrogens with zero attached hydrogens (tertiary/aromatic N) is 4. The highest BCUT2D eigenvalue weighted by molar-refractivity contribution is 5.66. The molecular formula is C23H19N5O. The highest BCUT2D eigenvalue weighted by Gasteiger charge is 2.31. The largest absolute Gasteiger partial charge is 0.460 e. The predicted molar refractivity (Wildman–Crippen MR) is 108 cm³/mol. The molecule has 3 aromatic heterocycles. The number of hydrogen-bond acceptors (Lipinski definition) is 5. The van der Waals surface area contributed by atoms with Crippen molar-refractivity contribution in [2.45, 2.75) is 19.0 Å². The van der Waals surface area contributed by atoms with E-state index in [9.17, 15) is 5.26 Å². The van der Waals surface area contributed by atoms with E-state index in [1.165, 1.54) is 5.69 Å². The van der Waals surface area contributed by atoms with Gasteiger partial charge in [-0.3, -0.25) is 9.88 Å². The molecule has 6 nitrogen and oxygen atoms in total. The van der Waals surface area contributed by atoms with Crippen molar-refractivity contribution < 1.29 is 4.42 Å². The molecule has 1 aliphatic rings. The summed E-state index contributed by atoms with van der Waals surface area (Å²) < 4.78 is 6.13. The first-order valence-electron chi connectivity index (χ1n) is 9.58. The molecule has 1 atom stereocenters. The van der Waals surface area contributed by atoms with Crippen LogP contribution >= 0.6 is 0 Å². The number of pyridine rings is 1. The minimum atomic E-state index is 0.0265. The van der Waals surface area contributed by atoms with Crippen molar-refractivity contribution in [3.8, 4) is 17.4 Å². The van der Waals surface area contributed by atoms with Crippen LogP contribution in [0.1, 0.15) is 34.3 Å². The van der Waals surface area contributed by atoms with Crippen molar-refractivity contribution in [2.75, 3.05) is 6.54 Å². The van der Waals surface area contributed by atoms with Crippen LogP contribution in [-0.4, -0.2) is 26.4 Å². The number of nitrogens with one attached hydrogen (secondary N) is 1. The Morgan fingerprint density at radius 1 is 1.17 bits per heavy atom. The first-order valence-corrected chi connectivity index (χ1v) is 9.58. The van der Waals surface area contributed by atoms with Gasteiger partial charge in [0.25, 0.3) is 0 Å². The van der Waals surface area contributed by atoms with Crippen molar-refractivity contribution >= 4 is 0 Å². The molecule has 29 heavy (non-hydrogen) atoms. The lowest BCUT2D eigenvalue weighted by Gasteiger charge is -2.34. The third kappa shape index (κ3) is 3.22. The topological polar surface area (TPSA) is 81.7 Å². The summed E-state index contributed by atoms with van der Waals surface area (Å²) in [7, 11) is 0. The zero-order valence-corrected chi connectivity index (χ0v) is 15.7. The second kappa shape index (κ2) is 7.38. The third-order valence-corrected chi connectivity index (χ3v) is 5.36. The predicted octanol–water partition coefficient (Wildman–Crippen LogP) is 4.08. The van der Waals surface area contributed by atoms with Gasteiger partial charge in [-0.15, -0.1) is 0 Å². The van der Waals surface area contributed by atoms with E-state index in [0.717, 1.165) is 35.5 Å². The minimum Gasteiger partial charge on any atom is -0.460 e. The molecule has 5 rings (SSSR count). The van der Waals surface area contributed by atoms with Crippen molar-refractivity contribution in [3.63, 3.8) is 0 Å². The Labute approximate surface area is 168 Å². The van der Waals surface area contributed by atoms with Gasteiger partial charge in [0, 0.05) is 36.6 Å². The van der Waals surface area contributed by atoms with E-state index in [0.29, 0.717) is 17.9 Å². The molecule has 1 aliphatic heterocycles. The van der Waals surface area contributed by atoms with Gasteiger partial charge in [0.2, 0.25) is 0 Å². The lowest BCUT2D eigenvalue weighted by molar-refractivity contribution is 0.185. The van der Waals surface area contributed by atoms with Gasteiger partial charge >= 0.3 is 0 Å². The molecule has 4 heterocycles. The van der Waals surface area contributed by atoms with Gasteiger partial charge in [-0.2, -0.15) is 5.26 Å². The monoisotopic (exact) mass is 381 g/mol. The van der Waals surface area contributed by atoms with E-state index in [2.05, 4.69) is 32.0 Å². The minimum absolute atomic E-state index is 0.0265. The molecule has 0 unspecified atom stereocenters. The number of rotatable bonds is 4. The quantitative estimate of drug-likeness (QED) is 0.576. The second-order valence-electron chi connectivity index (χ2n) is 7.10. The third-order valence-electron chi connectivity index (χ3n) is 5.36. The normalized spacial score (nSPS) is 16.3. The number of hydrogen-bond donors (Lipinski definition) is 1. The van der Waals surface area contributed by atoms with Crippen LogP contribution in [-0.2, 0) is 13.0 Å². The van der Waals surface area contributed by atoms with Gasteiger partial charge in [-0.05, 0) is 35.9 Å². The van der Waals surface area contributed by atoms with Crippen molar-refractivity contribution in [1.29, 1.82) is 5.26 Å². The Kier molecular flexibility index (Phi) is 4.43. The lowest BCUT2D eigenvalue weighted by atomic mass is 9.97. The number of aromatic nitrogens is 3. The molecule has 0 amide bonds. The standard InChI is InChI=1S/C23H19N5O/c24-12-16-4-1-2-6-19(16)21-8-7-18(29-21)14-28-11-9-20-22(27-15-26-20)23(28)17-5-3-10-25-13-17/h1-8,10,13,15,23H,9,11,14H2,(H,26,27)/t23-/m0/s1. The maximum atomic E-state index is 9.37. The second-order valence-corrected chi connectivity index (χ2v) is 7.10. The first-order chi connectivity index (χ1) is 14.3. The fourth-order valence-corrected chi connectivity index (χ4v) is 4.00. The van der Waals surface area contributed by atoms with Crippen LogP contribution in [0.25, 0.3) is 11.3 Å². The van der Waals surface area contributed by atoms with Crippen molar-refractivity contribution in [3.05, 3.63) is 95.5 Å². The van der Waals surface area contributed by atoms with Gasteiger partial charge in [0.05, 0.1) is 36.2 Å². The number of benzene rings is 1. The van der Waals surface area contributed by atoms with Crippen molar-refractivity contribution in [2.24, 2.45) is 0 Å². The summed E-state index contributed by atoms with van der Waals surface area (Å²) in [5, 5.41) is 9.37. The Morgan fingerprint density at radius 2 is 2.10 bits per heavy atom. The van der Waals surface area contributed by atoms with E-state index < -0.39 is 0 Å². The number of fused-ring (bicyclic) bond motifs is 1. The number of H-pyrrole nitrogens is 1. The molecule has 0 radical (unpaired) electrons. The van der Waals surface area contributed by atoms with Gasteiger partial charge in [0.1, 0.15) is 11.5 Å². The Balaban J connectivity index is 1.46. The van der Waals surface area contributed by atoms with E-state index in [1.54, 1.807) is 18.6 Å². The molecule has 6 heteroatoms. The SMILES string of the molecule is N#Cc1ccccc1-c1ccc(CN2CCc3[nH]cnc3[C@@H]2c2cccnc2)o1. The van der Waals surface area contributed by atoms with Gasteiger partial charge in [-0.25, -0.2) is 4.98 Å². The average Bonchev–Trinajstić information content (AvgIpc) is 3.44. The van der Waals surface area contributed by atoms with Crippen LogP contribution in [0, 0.1) is 11.3 Å². The van der Waals surface area contributed by atoms with Crippen LogP contribution in [0.15, 0.2) is 71.7 Å². The summed E-state index contributed by atoms with van der Waals surface area (Å²) in [5.74, 6) is 1.58. The van der Waals surface area contributed by atoms with E-state index in [1.807, 2.05) is 42.6 Å². The zero-order chi connectivity index (χ0) is 19.6. The number of furan rings is 1. The summed E-state index contributed by atoms with van der Waals surface area (Å²) >= 11 is 0. The molecule has 0 spiro atoms. The van der Waals surface area contributed by atoms with Crippen LogP contribution in [0.2, 0.25) is 0 Å². The average molecular weight is 381 g/mol. The highest BCUT2D eigenvalue weighted by atomic mass is 16.3. The molecule has 0 aliphatic carbocycles. The summed E-state index contributed by atoms with van der Waals surface area (Å²) in [6.45, 7) is 1.54. The Bertz CT molecular complexity index is 1170. The van der Waals surface area contributed by atoms with Crippen LogP contribution < -0.4 is 0 Å². The summed E-state index contributed by atoms with van der Waals surface area (Å²) in [4.78, 5) is 14.5. The zero-order valence-electron chi connectivity index (χ0n) is 15.7. The molecule has 142 valence electrons. The van der Waals surface area contributed by atoms with Gasteiger partial charge < -0.3 is 9.40 Å². The maximum Gasteiger partial charge on any atom is 0.135 e.